The van der Waals surface area contributed by atoms with E-state index in [0.717, 1.165) is 6.54 Å². The Hall–Kier alpha value is -0.760. The van der Waals surface area contributed by atoms with Crippen LogP contribution in [0.1, 0.15) is 25.7 Å². The highest BCUT2D eigenvalue weighted by Gasteiger charge is 2.09. The molecule has 2 rings (SSSR count). The standard InChI is InChI=1S/C13H22N2/c1-3-8-14(9-4-1)12-7-13-15-10-5-2-6-11-15/h1,3-4,8H,2,5-7,9-13H2. The predicted octanol–water partition coefficient (Wildman–Crippen LogP) is 2.25. The average Bonchev–Trinajstić information content (AvgIpc) is 2.32. The van der Waals surface area contributed by atoms with Gasteiger partial charge in [-0.25, -0.2) is 0 Å². The van der Waals surface area contributed by atoms with Crippen molar-refractivity contribution in [3.8, 4) is 0 Å². The van der Waals surface area contributed by atoms with Crippen molar-refractivity contribution in [1.82, 2.24) is 9.80 Å². The number of hydrogen-bond donors (Lipinski definition) is 0. The van der Waals surface area contributed by atoms with Crippen molar-refractivity contribution in [2.24, 2.45) is 0 Å². The van der Waals surface area contributed by atoms with E-state index in [1.54, 1.807) is 0 Å². The van der Waals surface area contributed by atoms with Gasteiger partial charge in [-0.2, -0.15) is 0 Å². The quantitative estimate of drug-likeness (QED) is 0.696. The fourth-order valence-electron chi connectivity index (χ4n) is 2.35. The lowest BCUT2D eigenvalue weighted by atomic mass is 10.1. The summed E-state index contributed by atoms with van der Waals surface area (Å²) in [5, 5.41) is 0. The first-order chi connectivity index (χ1) is 7.45. The van der Waals surface area contributed by atoms with Crippen molar-refractivity contribution in [2.75, 3.05) is 32.7 Å². The number of piperidine rings is 1. The molecule has 2 heterocycles. The maximum absolute atomic E-state index is 2.62. The second-order valence-electron chi connectivity index (χ2n) is 4.52. The van der Waals surface area contributed by atoms with E-state index in [1.165, 1.54) is 51.9 Å². The molecule has 15 heavy (non-hydrogen) atoms. The molecule has 0 bridgehead atoms. The molecule has 0 aromatic rings. The van der Waals surface area contributed by atoms with Crippen LogP contribution in [0.25, 0.3) is 0 Å². The molecule has 0 aliphatic carbocycles. The van der Waals surface area contributed by atoms with Crippen LogP contribution in [0.5, 0.6) is 0 Å². The Balaban J connectivity index is 1.57. The first-order valence-corrected chi connectivity index (χ1v) is 6.25. The Bertz CT molecular complexity index is 227. The third-order valence-electron chi connectivity index (χ3n) is 3.25. The molecule has 1 saturated heterocycles. The van der Waals surface area contributed by atoms with Crippen LogP contribution in [-0.4, -0.2) is 42.5 Å². The summed E-state index contributed by atoms with van der Waals surface area (Å²) in [5.41, 5.74) is 0. The monoisotopic (exact) mass is 206 g/mol. The van der Waals surface area contributed by atoms with Crippen molar-refractivity contribution in [3.63, 3.8) is 0 Å². The first-order valence-electron chi connectivity index (χ1n) is 6.25. The molecule has 0 spiro atoms. The molecule has 0 aromatic heterocycles. The van der Waals surface area contributed by atoms with E-state index in [4.69, 9.17) is 0 Å². The lowest BCUT2D eigenvalue weighted by molar-refractivity contribution is 0.217. The van der Waals surface area contributed by atoms with Crippen LogP contribution in [0.15, 0.2) is 24.4 Å². The second kappa shape index (κ2) is 5.96. The third-order valence-corrected chi connectivity index (χ3v) is 3.25. The normalized spacial score (nSPS) is 22.3. The van der Waals surface area contributed by atoms with Crippen LogP contribution in [0, 0.1) is 0 Å². The molecule has 2 aliphatic heterocycles. The Kier molecular flexibility index (Phi) is 4.27. The SMILES string of the molecule is C1=CCN(CCCN2CCCCC2)C=C1. The highest BCUT2D eigenvalue weighted by atomic mass is 15.1. The molecule has 0 amide bonds. The smallest absolute Gasteiger partial charge is 0.0357 e. The van der Waals surface area contributed by atoms with Gasteiger partial charge in [-0.3, -0.25) is 0 Å². The summed E-state index contributed by atoms with van der Waals surface area (Å²) < 4.78 is 0. The van der Waals surface area contributed by atoms with Gasteiger partial charge in [0, 0.05) is 13.1 Å². The second-order valence-corrected chi connectivity index (χ2v) is 4.52. The summed E-state index contributed by atoms with van der Waals surface area (Å²) in [5.74, 6) is 0. The van der Waals surface area contributed by atoms with Crippen molar-refractivity contribution in [3.05, 3.63) is 24.4 Å². The molecule has 0 N–H and O–H groups in total. The van der Waals surface area contributed by atoms with Crippen molar-refractivity contribution >= 4 is 0 Å². The Labute approximate surface area is 93.2 Å². The van der Waals surface area contributed by atoms with Gasteiger partial charge in [0.1, 0.15) is 0 Å². The number of likely N-dealkylation sites (tertiary alicyclic amines) is 1. The maximum Gasteiger partial charge on any atom is 0.0357 e. The molecule has 0 atom stereocenters. The molecule has 2 nitrogen and oxygen atoms in total. The first kappa shape index (κ1) is 10.7. The number of hydrogen-bond acceptors (Lipinski definition) is 2. The molecule has 0 unspecified atom stereocenters. The van der Waals surface area contributed by atoms with E-state index in [-0.39, 0.29) is 0 Å². The van der Waals surface area contributed by atoms with Crippen molar-refractivity contribution < 1.29 is 0 Å². The van der Waals surface area contributed by atoms with Gasteiger partial charge in [-0.1, -0.05) is 18.6 Å². The van der Waals surface area contributed by atoms with Crippen molar-refractivity contribution in [2.45, 2.75) is 25.7 Å². The van der Waals surface area contributed by atoms with E-state index >= 15 is 0 Å². The highest BCUT2D eigenvalue weighted by Crippen LogP contribution is 2.09. The Morgan fingerprint density at radius 3 is 2.53 bits per heavy atom. The summed E-state index contributed by atoms with van der Waals surface area (Å²) in [6.45, 7) is 6.24. The summed E-state index contributed by atoms with van der Waals surface area (Å²) in [4.78, 5) is 5.01. The minimum atomic E-state index is 1.09. The van der Waals surface area contributed by atoms with E-state index in [1.807, 2.05) is 0 Å². The van der Waals surface area contributed by atoms with Crippen LogP contribution >= 0.6 is 0 Å². The van der Waals surface area contributed by atoms with Crippen LogP contribution in [-0.2, 0) is 0 Å². The van der Waals surface area contributed by atoms with E-state index < -0.39 is 0 Å². The third kappa shape index (κ3) is 3.71. The molecule has 0 saturated carbocycles. The van der Waals surface area contributed by atoms with Crippen molar-refractivity contribution in [1.29, 1.82) is 0 Å². The van der Waals surface area contributed by atoms with E-state index in [9.17, 15) is 0 Å². The molecular formula is C13H22N2. The van der Waals surface area contributed by atoms with Crippen LogP contribution in [0.3, 0.4) is 0 Å². The zero-order valence-corrected chi connectivity index (χ0v) is 9.57. The average molecular weight is 206 g/mol. The lowest BCUT2D eigenvalue weighted by Crippen LogP contribution is -2.32. The fourth-order valence-corrected chi connectivity index (χ4v) is 2.35. The molecule has 0 radical (unpaired) electrons. The molecule has 84 valence electrons. The number of allylic oxidation sites excluding steroid dienone is 2. The largest absolute Gasteiger partial charge is 0.374 e. The van der Waals surface area contributed by atoms with Gasteiger partial charge in [0.25, 0.3) is 0 Å². The van der Waals surface area contributed by atoms with E-state index in [0.29, 0.717) is 0 Å². The van der Waals surface area contributed by atoms with Gasteiger partial charge in [0.15, 0.2) is 0 Å². The number of rotatable bonds is 4. The van der Waals surface area contributed by atoms with Gasteiger partial charge >= 0.3 is 0 Å². The van der Waals surface area contributed by atoms with Crippen LogP contribution in [0.4, 0.5) is 0 Å². The molecule has 2 heteroatoms. The van der Waals surface area contributed by atoms with Gasteiger partial charge in [-0.05, 0) is 51.2 Å². The topological polar surface area (TPSA) is 6.48 Å². The summed E-state index contributed by atoms with van der Waals surface area (Å²) in [6.07, 6.45) is 14.2. The van der Waals surface area contributed by atoms with E-state index in [2.05, 4.69) is 34.2 Å². The van der Waals surface area contributed by atoms with Gasteiger partial charge in [-0.15, -0.1) is 0 Å². The summed E-state index contributed by atoms with van der Waals surface area (Å²) in [6, 6.07) is 0. The minimum Gasteiger partial charge on any atom is -0.374 e. The minimum absolute atomic E-state index is 1.09. The van der Waals surface area contributed by atoms with Crippen LogP contribution < -0.4 is 0 Å². The van der Waals surface area contributed by atoms with Gasteiger partial charge < -0.3 is 9.80 Å². The molecule has 1 fully saturated rings. The molecular weight excluding hydrogens is 184 g/mol. The molecule has 0 aromatic carbocycles. The molecule has 2 aliphatic rings. The van der Waals surface area contributed by atoms with Gasteiger partial charge in [0.05, 0.1) is 0 Å². The fraction of sp³-hybridized carbons (Fsp3) is 0.692. The summed E-state index contributed by atoms with van der Waals surface area (Å²) in [7, 11) is 0. The summed E-state index contributed by atoms with van der Waals surface area (Å²) >= 11 is 0. The zero-order valence-electron chi connectivity index (χ0n) is 9.57. The lowest BCUT2D eigenvalue weighted by Gasteiger charge is -2.28. The Morgan fingerprint density at radius 2 is 1.80 bits per heavy atom. The maximum atomic E-state index is 2.62. The highest BCUT2D eigenvalue weighted by molar-refractivity contribution is 5.08. The predicted molar refractivity (Wildman–Crippen MR) is 64.8 cm³/mol. The zero-order chi connectivity index (χ0) is 10.3. The number of nitrogens with zero attached hydrogens (tertiary/aromatic N) is 2. The van der Waals surface area contributed by atoms with Gasteiger partial charge in [0.2, 0.25) is 0 Å². The Morgan fingerprint density at radius 1 is 0.933 bits per heavy atom. The van der Waals surface area contributed by atoms with Crippen LogP contribution in [0.2, 0.25) is 0 Å².